The largest absolute Gasteiger partial charge is 0.490 e. The van der Waals surface area contributed by atoms with Crippen LogP contribution in [0.25, 0.3) is 11.0 Å². The number of thioether (sulfide) groups is 1. The number of ether oxygens (including phenoxy) is 2. The predicted molar refractivity (Wildman–Crippen MR) is 105 cm³/mol. The van der Waals surface area contributed by atoms with Gasteiger partial charge in [0.25, 0.3) is 5.91 Å². The van der Waals surface area contributed by atoms with Crippen molar-refractivity contribution in [2.75, 3.05) is 19.5 Å². The molecule has 1 aromatic heterocycles. The molecule has 0 fully saturated rings. The number of benzene rings is 2. The van der Waals surface area contributed by atoms with Crippen LogP contribution in [0.15, 0.2) is 41.6 Å². The molecule has 136 valence electrons. The Kier molecular flexibility index (Phi) is 5.74. The predicted octanol–water partition coefficient (Wildman–Crippen LogP) is 4.90. The Morgan fingerprint density at radius 1 is 1.15 bits per heavy atom. The minimum absolute atomic E-state index is 0.228. The van der Waals surface area contributed by atoms with Gasteiger partial charge in [-0.2, -0.15) is 0 Å². The number of hydrogen-bond donors (Lipinski definition) is 0. The molecule has 2 aromatic carbocycles. The summed E-state index contributed by atoms with van der Waals surface area (Å²) in [5.74, 6) is 0.973. The molecule has 0 bridgehead atoms. The van der Waals surface area contributed by atoms with Gasteiger partial charge in [0.05, 0.1) is 34.8 Å². The molecule has 0 aliphatic carbocycles. The van der Waals surface area contributed by atoms with Crippen molar-refractivity contribution in [1.82, 2.24) is 9.55 Å². The molecular weight excluding hydrogens is 372 g/mol. The Hall–Kier alpha value is -2.18. The van der Waals surface area contributed by atoms with Crippen molar-refractivity contribution in [3.05, 3.63) is 47.0 Å². The van der Waals surface area contributed by atoms with Gasteiger partial charge >= 0.3 is 0 Å². The molecule has 0 aliphatic rings. The lowest BCUT2D eigenvalue weighted by Crippen LogP contribution is -2.13. The van der Waals surface area contributed by atoms with E-state index in [9.17, 15) is 4.79 Å². The summed E-state index contributed by atoms with van der Waals surface area (Å²) in [7, 11) is 0. The Morgan fingerprint density at radius 2 is 1.81 bits per heavy atom. The Morgan fingerprint density at radius 3 is 2.42 bits per heavy atom. The molecule has 5 nitrogen and oxygen atoms in total. The maximum Gasteiger partial charge on any atom is 0.266 e. The second kappa shape index (κ2) is 8.01. The van der Waals surface area contributed by atoms with Crippen LogP contribution >= 0.6 is 23.4 Å². The van der Waals surface area contributed by atoms with Crippen molar-refractivity contribution < 1.29 is 14.3 Å². The number of carbonyl (C=O) groups is 1. The molecule has 0 unspecified atom stereocenters. The zero-order valence-corrected chi connectivity index (χ0v) is 16.4. The lowest BCUT2D eigenvalue weighted by Gasteiger charge is -2.12. The summed E-state index contributed by atoms with van der Waals surface area (Å²) in [5.41, 5.74) is 1.75. The maximum atomic E-state index is 13.2. The van der Waals surface area contributed by atoms with Crippen molar-refractivity contribution in [2.45, 2.75) is 19.0 Å². The molecule has 3 rings (SSSR count). The number of nitrogens with zero attached hydrogens (tertiary/aromatic N) is 2. The number of halogens is 1. The third-order valence-corrected chi connectivity index (χ3v) is 4.75. The van der Waals surface area contributed by atoms with Crippen LogP contribution in [-0.4, -0.2) is 34.9 Å². The van der Waals surface area contributed by atoms with Crippen molar-refractivity contribution in [3.8, 4) is 11.5 Å². The highest BCUT2D eigenvalue weighted by molar-refractivity contribution is 7.98. The van der Waals surface area contributed by atoms with Crippen LogP contribution in [0.2, 0.25) is 5.02 Å². The number of fused-ring (bicyclic) bond motifs is 1. The quantitative estimate of drug-likeness (QED) is 0.560. The summed E-state index contributed by atoms with van der Waals surface area (Å²) < 4.78 is 12.9. The average Bonchev–Trinajstić information content (AvgIpc) is 2.99. The third-order valence-electron chi connectivity index (χ3n) is 3.78. The van der Waals surface area contributed by atoms with E-state index < -0.39 is 0 Å². The standard InChI is InChI=1S/C19H19ClN2O3S/c1-4-24-16-10-14-15(11-17(16)25-5-2)22(19(21-14)26-3)18(23)12-8-6-7-9-13(12)20/h6-11H,4-5H2,1-3H3. The Labute approximate surface area is 161 Å². The van der Waals surface area contributed by atoms with Crippen molar-refractivity contribution >= 4 is 40.3 Å². The molecule has 0 saturated heterocycles. The first kappa shape index (κ1) is 18.6. The highest BCUT2D eigenvalue weighted by atomic mass is 35.5. The maximum absolute atomic E-state index is 13.2. The number of rotatable bonds is 6. The molecule has 0 aliphatic heterocycles. The second-order valence-corrected chi connectivity index (χ2v) is 6.55. The van der Waals surface area contributed by atoms with E-state index >= 15 is 0 Å². The first-order chi connectivity index (χ1) is 12.6. The number of carbonyl (C=O) groups excluding carboxylic acids is 1. The first-order valence-electron chi connectivity index (χ1n) is 8.26. The summed E-state index contributed by atoms with van der Waals surface area (Å²) in [6.45, 7) is 4.82. The fraction of sp³-hybridized carbons (Fsp3) is 0.263. The average molecular weight is 391 g/mol. The summed E-state index contributed by atoms with van der Waals surface area (Å²) in [6, 6.07) is 10.6. The fourth-order valence-corrected chi connectivity index (χ4v) is 3.46. The lowest BCUT2D eigenvalue weighted by molar-refractivity contribution is 0.0955. The van der Waals surface area contributed by atoms with Gasteiger partial charge in [0.2, 0.25) is 0 Å². The summed E-state index contributed by atoms with van der Waals surface area (Å²) in [4.78, 5) is 17.7. The zero-order valence-electron chi connectivity index (χ0n) is 14.8. The van der Waals surface area contributed by atoms with Crippen molar-refractivity contribution in [3.63, 3.8) is 0 Å². The van der Waals surface area contributed by atoms with Gasteiger partial charge in [-0.15, -0.1) is 0 Å². The molecule has 0 amide bonds. The van der Waals surface area contributed by atoms with Crippen LogP contribution in [0.3, 0.4) is 0 Å². The molecule has 0 saturated carbocycles. The van der Waals surface area contributed by atoms with Gasteiger partial charge in [0, 0.05) is 12.1 Å². The van der Waals surface area contributed by atoms with Crippen molar-refractivity contribution in [1.29, 1.82) is 0 Å². The van der Waals surface area contributed by atoms with Crippen LogP contribution in [-0.2, 0) is 0 Å². The van der Waals surface area contributed by atoms with Gasteiger partial charge < -0.3 is 9.47 Å². The zero-order chi connectivity index (χ0) is 18.7. The molecule has 0 spiro atoms. The Balaban J connectivity index is 2.22. The Bertz CT molecular complexity index is 955. The van der Waals surface area contributed by atoms with E-state index in [1.165, 1.54) is 11.8 Å². The molecule has 7 heteroatoms. The van der Waals surface area contributed by atoms with Crippen LogP contribution in [0, 0.1) is 0 Å². The van der Waals surface area contributed by atoms with E-state index in [1.54, 1.807) is 41.0 Å². The van der Waals surface area contributed by atoms with E-state index in [4.69, 9.17) is 21.1 Å². The molecule has 0 atom stereocenters. The normalized spacial score (nSPS) is 10.9. The molecule has 0 N–H and O–H groups in total. The van der Waals surface area contributed by atoms with Crippen LogP contribution in [0.5, 0.6) is 11.5 Å². The third kappa shape index (κ3) is 3.39. The van der Waals surface area contributed by atoms with Gasteiger partial charge in [-0.05, 0) is 32.2 Å². The monoisotopic (exact) mass is 390 g/mol. The molecule has 0 radical (unpaired) electrons. The summed E-state index contributed by atoms with van der Waals surface area (Å²) in [6.07, 6.45) is 1.88. The van der Waals surface area contributed by atoms with E-state index in [0.717, 1.165) is 0 Å². The molecular formula is C19H19ClN2O3S. The van der Waals surface area contributed by atoms with Gasteiger partial charge in [-0.25, -0.2) is 4.98 Å². The van der Waals surface area contributed by atoms with Gasteiger partial charge in [-0.1, -0.05) is 35.5 Å². The van der Waals surface area contributed by atoms with Crippen LogP contribution < -0.4 is 9.47 Å². The lowest BCUT2D eigenvalue weighted by atomic mass is 10.2. The highest BCUT2D eigenvalue weighted by Gasteiger charge is 2.22. The van der Waals surface area contributed by atoms with Gasteiger partial charge in [0.1, 0.15) is 0 Å². The molecule has 3 aromatic rings. The SMILES string of the molecule is CCOc1cc2nc(SC)n(C(=O)c3ccccc3Cl)c2cc1OCC. The number of aromatic nitrogens is 2. The van der Waals surface area contributed by atoms with E-state index in [0.29, 0.717) is 51.5 Å². The minimum atomic E-state index is -0.228. The fourth-order valence-electron chi connectivity index (χ4n) is 2.69. The van der Waals surface area contributed by atoms with Gasteiger partial charge in [0.15, 0.2) is 16.7 Å². The van der Waals surface area contributed by atoms with E-state index in [1.807, 2.05) is 20.1 Å². The number of imidazole rings is 1. The van der Waals surface area contributed by atoms with Crippen molar-refractivity contribution in [2.24, 2.45) is 0 Å². The number of hydrogen-bond acceptors (Lipinski definition) is 5. The minimum Gasteiger partial charge on any atom is -0.490 e. The van der Waals surface area contributed by atoms with E-state index in [2.05, 4.69) is 4.98 Å². The topological polar surface area (TPSA) is 53.4 Å². The highest BCUT2D eigenvalue weighted by Crippen LogP contribution is 2.35. The van der Waals surface area contributed by atoms with Gasteiger partial charge in [-0.3, -0.25) is 9.36 Å². The summed E-state index contributed by atoms with van der Waals surface area (Å²) in [5, 5.41) is 0.989. The van der Waals surface area contributed by atoms with Crippen LogP contribution in [0.1, 0.15) is 24.2 Å². The smallest absolute Gasteiger partial charge is 0.266 e. The van der Waals surface area contributed by atoms with E-state index in [-0.39, 0.29) is 5.91 Å². The second-order valence-electron chi connectivity index (χ2n) is 5.37. The summed E-state index contributed by atoms with van der Waals surface area (Å²) >= 11 is 7.62. The van der Waals surface area contributed by atoms with Crippen LogP contribution in [0.4, 0.5) is 0 Å². The molecule has 1 heterocycles. The first-order valence-corrected chi connectivity index (χ1v) is 9.86. The molecule has 26 heavy (non-hydrogen) atoms.